The standard InChI is InChI=1S/C19H21N3O2/c20-16-7-9-17(10-8-16)23-12-18-21-19(22-24-18)15-6-5-13-3-1-2-4-14(13)11-15/h1-6,11,16-17H,7-10,12,20H2. The summed E-state index contributed by atoms with van der Waals surface area (Å²) < 4.78 is 11.2. The molecule has 0 bridgehead atoms. The number of hydrogen-bond donors (Lipinski definition) is 1. The lowest BCUT2D eigenvalue weighted by Crippen LogP contribution is -2.30. The normalized spacial score (nSPS) is 21.2. The van der Waals surface area contributed by atoms with Crippen LogP contribution >= 0.6 is 0 Å². The Bertz CT molecular complexity index is 822. The summed E-state index contributed by atoms with van der Waals surface area (Å²) in [4.78, 5) is 4.46. The van der Waals surface area contributed by atoms with Gasteiger partial charge in [-0.15, -0.1) is 0 Å². The molecule has 5 nitrogen and oxygen atoms in total. The minimum absolute atomic E-state index is 0.251. The van der Waals surface area contributed by atoms with Gasteiger partial charge in [-0.1, -0.05) is 41.6 Å². The molecule has 1 fully saturated rings. The fourth-order valence-electron chi connectivity index (χ4n) is 3.20. The van der Waals surface area contributed by atoms with Gasteiger partial charge in [0.1, 0.15) is 6.61 Å². The van der Waals surface area contributed by atoms with Crippen molar-refractivity contribution in [3.8, 4) is 11.4 Å². The molecule has 0 amide bonds. The van der Waals surface area contributed by atoms with Crippen molar-refractivity contribution < 1.29 is 9.26 Å². The summed E-state index contributed by atoms with van der Waals surface area (Å²) in [5, 5.41) is 6.44. The number of ether oxygens (including phenoxy) is 1. The first-order valence-electron chi connectivity index (χ1n) is 8.47. The third-order valence-electron chi connectivity index (χ3n) is 4.64. The Kier molecular flexibility index (Phi) is 4.28. The van der Waals surface area contributed by atoms with Gasteiger partial charge in [0.15, 0.2) is 0 Å². The van der Waals surface area contributed by atoms with Crippen LogP contribution in [0.2, 0.25) is 0 Å². The molecule has 0 unspecified atom stereocenters. The van der Waals surface area contributed by atoms with E-state index >= 15 is 0 Å². The molecule has 1 saturated carbocycles. The van der Waals surface area contributed by atoms with Crippen LogP contribution in [-0.4, -0.2) is 22.3 Å². The zero-order chi connectivity index (χ0) is 16.4. The molecule has 124 valence electrons. The van der Waals surface area contributed by atoms with Gasteiger partial charge in [0, 0.05) is 11.6 Å². The molecule has 24 heavy (non-hydrogen) atoms. The quantitative estimate of drug-likeness (QED) is 0.793. The molecule has 0 spiro atoms. The van der Waals surface area contributed by atoms with Crippen LogP contribution in [0, 0.1) is 0 Å². The predicted octanol–water partition coefficient (Wildman–Crippen LogP) is 3.68. The van der Waals surface area contributed by atoms with Crippen LogP contribution in [0.1, 0.15) is 31.6 Å². The number of aromatic nitrogens is 2. The molecule has 5 heteroatoms. The second-order valence-electron chi connectivity index (χ2n) is 6.42. The number of fused-ring (bicyclic) bond motifs is 1. The topological polar surface area (TPSA) is 74.2 Å². The van der Waals surface area contributed by atoms with Crippen molar-refractivity contribution in [3.63, 3.8) is 0 Å². The summed E-state index contributed by atoms with van der Waals surface area (Å²) in [6.07, 6.45) is 4.31. The van der Waals surface area contributed by atoms with Crippen molar-refractivity contribution in [2.45, 2.75) is 44.4 Å². The third-order valence-corrected chi connectivity index (χ3v) is 4.64. The maximum absolute atomic E-state index is 5.92. The van der Waals surface area contributed by atoms with Gasteiger partial charge in [-0.3, -0.25) is 0 Å². The highest BCUT2D eigenvalue weighted by molar-refractivity contribution is 5.86. The molecule has 3 aromatic rings. The molecule has 1 aliphatic rings. The van der Waals surface area contributed by atoms with E-state index in [0.717, 1.165) is 36.6 Å². The number of hydrogen-bond acceptors (Lipinski definition) is 5. The summed E-state index contributed by atoms with van der Waals surface area (Å²) in [6, 6.07) is 14.7. The Balaban J connectivity index is 1.43. The molecule has 0 radical (unpaired) electrons. The van der Waals surface area contributed by atoms with Gasteiger partial charge in [0.25, 0.3) is 5.89 Å². The van der Waals surface area contributed by atoms with Crippen LogP contribution in [0.15, 0.2) is 47.0 Å². The smallest absolute Gasteiger partial charge is 0.252 e. The lowest BCUT2D eigenvalue weighted by atomic mass is 9.94. The molecule has 1 aromatic heterocycles. The largest absolute Gasteiger partial charge is 0.368 e. The molecule has 1 aliphatic carbocycles. The van der Waals surface area contributed by atoms with E-state index < -0.39 is 0 Å². The Morgan fingerprint density at radius 2 is 1.83 bits per heavy atom. The Hall–Kier alpha value is -2.24. The molecular formula is C19H21N3O2. The fraction of sp³-hybridized carbons (Fsp3) is 0.368. The van der Waals surface area contributed by atoms with Crippen molar-refractivity contribution in [3.05, 3.63) is 48.4 Å². The zero-order valence-corrected chi connectivity index (χ0v) is 13.5. The second kappa shape index (κ2) is 6.71. The van der Waals surface area contributed by atoms with Crippen LogP contribution in [0.25, 0.3) is 22.2 Å². The van der Waals surface area contributed by atoms with Gasteiger partial charge in [0.2, 0.25) is 5.82 Å². The average Bonchev–Trinajstić information content (AvgIpc) is 3.10. The van der Waals surface area contributed by atoms with Gasteiger partial charge < -0.3 is 15.0 Å². The SMILES string of the molecule is NC1CCC(OCc2nc(-c3ccc4ccccc4c3)no2)CC1. The highest BCUT2D eigenvalue weighted by atomic mass is 16.5. The summed E-state index contributed by atoms with van der Waals surface area (Å²) in [7, 11) is 0. The molecule has 0 atom stereocenters. The van der Waals surface area contributed by atoms with Crippen molar-refractivity contribution in [1.29, 1.82) is 0 Å². The summed E-state index contributed by atoms with van der Waals surface area (Å²) in [5.41, 5.74) is 6.87. The molecule has 0 aliphatic heterocycles. The number of rotatable bonds is 4. The van der Waals surface area contributed by atoms with Gasteiger partial charge in [-0.05, 0) is 42.5 Å². The average molecular weight is 323 g/mol. The summed E-state index contributed by atoms with van der Waals surface area (Å²) in [6.45, 7) is 0.362. The van der Waals surface area contributed by atoms with Gasteiger partial charge in [-0.2, -0.15) is 4.98 Å². The molecule has 2 N–H and O–H groups in total. The van der Waals surface area contributed by atoms with Gasteiger partial charge >= 0.3 is 0 Å². The van der Waals surface area contributed by atoms with Crippen molar-refractivity contribution >= 4 is 10.8 Å². The third kappa shape index (κ3) is 3.32. The fourth-order valence-corrected chi connectivity index (χ4v) is 3.20. The van der Waals surface area contributed by atoms with E-state index in [1.807, 2.05) is 18.2 Å². The van der Waals surface area contributed by atoms with Crippen molar-refractivity contribution in [1.82, 2.24) is 10.1 Å². The van der Waals surface area contributed by atoms with E-state index in [-0.39, 0.29) is 6.10 Å². The minimum atomic E-state index is 0.251. The lowest BCUT2D eigenvalue weighted by molar-refractivity contribution is 0.00192. The van der Waals surface area contributed by atoms with E-state index in [1.165, 1.54) is 5.39 Å². The van der Waals surface area contributed by atoms with Crippen molar-refractivity contribution in [2.24, 2.45) is 5.73 Å². The molecule has 0 saturated heterocycles. The van der Waals surface area contributed by atoms with E-state index in [2.05, 4.69) is 34.4 Å². The van der Waals surface area contributed by atoms with Crippen LogP contribution in [0.3, 0.4) is 0 Å². The monoisotopic (exact) mass is 323 g/mol. The van der Waals surface area contributed by atoms with E-state index in [1.54, 1.807) is 0 Å². The molecule has 2 aromatic carbocycles. The maximum atomic E-state index is 5.92. The minimum Gasteiger partial charge on any atom is -0.368 e. The Labute approximate surface area is 140 Å². The van der Waals surface area contributed by atoms with Crippen LogP contribution in [0.4, 0.5) is 0 Å². The van der Waals surface area contributed by atoms with E-state index in [4.69, 9.17) is 15.0 Å². The highest BCUT2D eigenvalue weighted by Crippen LogP contribution is 2.24. The Morgan fingerprint density at radius 1 is 1.04 bits per heavy atom. The number of nitrogens with zero attached hydrogens (tertiary/aromatic N) is 2. The van der Waals surface area contributed by atoms with E-state index in [9.17, 15) is 0 Å². The highest BCUT2D eigenvalue weighted by Gasteiger charge is 2.20. The van der Waals surface area contributed by atoms with Gasteiger partial charge in [-0.25, -0.2) is 0 Å². The van der Waals surface area contributed by atoms with Crippen LogP contribution < -0.4 is 5.73 Å². The number of nitrogens with two attached hydrogens (primary N) is 1. The maximum Gasteiger partial charge on any atom is 0.252 e. The molecule has 1 heterocycles. The first kappa shape index (κ1) is 15.3. The van der Waals surface area contributed by atoms with Crippen LogP contribution in [-0.2, 0) is 11.3 Å². The predicted molar refractivity (Wildman–Crippen MR) is 92.3 cm³/mol. The Morgan fingerprint density at radius 3 is 2.67 bits per heavy atom. The first-order chi connectivity index (χ1) is 11.8. The van der Waals surface area contributed by atoms with E-state index in [0.29, 0.717) is 24.4 Å². The van der Waals surface area contributed by atoms with Crippen molar-refractivity contribution in [2.75, 3.05) is 0 Å². The summed E-state index contributed by atoms with van der Waals surface area (Å²) in [5.74, 6) is 1.12. The zero-order valence-electron chi connectivity index (χ0n) is 13.5. The lowest BCUT2D eigenvalue weighted by Gasteiger charge is -2.25. The summed E-state index contributed by atoms with van der Waals surface area (Å²) >= 11 is 0. The molecule has 4 rings (SSSR count). The molecular weight excluding hydrogens is 302 g/mol. The van der Waals surface area contributed by atoms with Crippen LogP contribution in [0.5, 0.6) is 0 Å². The van der Waals surface area contributed by atoms with Gasteiger partial charge in [0.05, 0.1) is 6.10 Å². The second-order valence-corrected chi connectivity index (χ2v) is 6.42. The number of benzene rings is 2. The first-order valence-corrected chi connectivity index (χ1v) is 8.47.